The Balaban J connectivity index is 1.54. The zero-order chi connectivity index (χ0) is 25.4. The van der Waals surface area contributed by atoms with E-state index in [9.17, 15) is 14.7 Å². The molecular weight excluding hydrogens is 458 g/mol. The van der Waals surface area contributed by atoms with Crippen LogP contribution in [0.25, 0.3) is 5.76 Å². The normalized spacial score (nSPS) is 18.8. The van der Waals surface area contributed by atoms with Crippen molar-refractivity contribution in [2.24, 2.45) is 0 Å². The van der Waals surface area contributed by atoms with Gasteiger partial charge in [-0.2, -0.15) is 0 Å². The van der Waals surface area contributed by atoms with Gasteiger partial charge in [0.05, 0.1) is 17.9 Å². The summed E-state index contributed by atoms with van der Waals surface area (Å²) < 4.78 is 12.7. The van der Waals surface area contributed by atoms with Crippen LogP contribution < -0.4 is 9.47 Å². The number of aliphatic hydroxyl groups is 1. The molecule has 1 N–H and O–H groups in total. The quantitative estimate of drug-likeness (QED) is 0.314. The number of imidazole rings is 1. The van der Waals surface area contributed by atoms with Gasteiger partial charge in [-0.3, -0.25) is 9.59 Å². The fourth-order valence-electron chi connectivity index (χ4n) is 4.66. The van der Waals surface area contributed by atoms with Gasteiger partial charge in [-0.25, -0.2) is 4.98 Å². The molecular formula is C28H29N3O5. The lowest BCUT2D eigenvalue weighted by molar-refractivity contribution is -0.139. The van der Waals surface area contributed by atoms with E-state index >= 15 is 0 Å². The smallest absolute Gasteiger partial charge is 0.295 e. The number of likely N-dealkylation sites (tertiary alicyclic amines) is 1. The van der Waals surface area contributed by atoms with Crippen LogP contribution >= 0.6 is 0 Å². The lowest BCUT2D eigenvalue weighted by Gasteiger charge is -2.26. The van der Waals surface area contributed by atoms with E-state index in [-0.39, 0.29) is 23.5 Å². The summed E-state index contributed by atoms with van der Waals surface area (Å²) in [6.45, 7) is 7.49. The first-order valence-corrected chi connectivity index (χ1v) is 12.0. The van der Waals surface area contributed by atoms with Crippen molar-refractivity contribution in [1.29, 1.82) is 0 Å². The molecule has 2 aliphatic rings. The number of rotatable bonds is 6. The molecule has 2 aliphatic heterocycles. The molecule has 0 aliphatic carbocycles. The van der Waals surface area contributed by atoms with Gasteiger partial charge < -0.3 is 24.0 Å². The summed E-state index contributed by atoms with van der Waals surface area (Å²) in [7, 11) is 0. The molecule has 5 rings (SSSR count). The van der Waals surface area contributed by atoms with Gasteiger partial charge in [-0.05, 0) is 41.2 Å². The molecule has 186 valence electrons. The Morgan fingerprint density at radius 3 is 2.50 bits per heavy atom. The minimum absolute atomic E-state index is 0.0440. The Morgan fingerprint density at radius 2 is 1.81 bits per heavy atom. The van der Waals surface area contributed by atoms with Gasteiger partial charge in [0.2, 0.25) is 6.79 Å². The molecule has 0 spiro atoms. The number of benzene rings is 2. The minimum atomic E-state index is -0.702. The molecule has 1 amide bonds. The first kappa shape index (κ1) is 23.7. The molecule has 3 heterocycles. The summed E-state index contributed by atoms with van der Waals surface area (Å²) in [5.74, 6) is -0.486. The van der Waals surface area contributed by atoms with Crippen molar-refractivity contribution < 1.29 is 24.2 Å². The molecule has 2 aromatic carbocycles. The van der Waals surface area contributed by atoms with Gasteiger partial charge in [-0.1, -0.05) is 45.0 Å². The second kappa shape index (κ2) is 9.18. The van der Waals surface area contributed by atoms with Crippen LogP contribution in [-0.4, -0.2) is 44.6 Å². The molecule has 0 bridgehead atoms. The zero-order valence-corrected chi connectivity index (χ0v) is 20.6. The minimum Gasteiger partial charge on any atom is -0.507 e. The maximum Gasteiger partial charge on any atom is 0.295 e. The number of nitrogens with zero attached hydrogens (tertiary/aromatic N) is 3. The van der Waals surface area contributed by atoms with Crippen molar-refractivity contribution in [2.75, 3.05) is 13.3 Å². The monoisotopic (exact) mass is 487 g/mol. The number of carbonyl (C=O) groups excluding carboxylic acids is 2. The number of ketones is 1. The Labute approximate surface area is 209 Å². The summed E-state index contributed by atoms with van der Waals surface area (Å²) in [5, 5.41) is 11.3. The second-order valence-electron chi connectivity index (χ2n) is 10.1. The molecule has 8 heteroatoms. The third-order valence-electron chi connectivity index (χ3n) is 6.65. The van der Waals surface area contributed by atoms with Gasteiger partial charge in [0.15, 0.2) is 11.5 Å². The molecule has 3 aromatic rings. The largest absolute Gasteiger partial charge is 0.507 e. The number of carbonyl (C=O) groups is 2. The molecule has 1 aromatic heterocycles. The Morgan fingerprint density at radius 1 is 1.06 bits per heavy atom. The summed E-state index contributed by atoms with van der Waals surface area (Å²) in [4.78, 5) is 32.1. The van der Waals surface area contributed by atoms with Crippen LogP contribution in [0.4, 0.5) is 0 Å². The van der Waals surface area contributed by atoms with E-state index in [0.29, 0.717) is 36.6 Å². The van der Waals surface area contributed by atoms with Gasteiger partial charge in [0.1, 0.15) is 5.76 Å². The predicted molar refractivity (Wildman–Crippen MR) is 134 cm³/mol. The van der Waals surface area contributed by atoms with E-state index in [1.807, 2.05) is 35.0 Å². The zero-order valence-electron chi connectivity index (χ0n) is 20.6. The second-order valence-corrected chi connectivity index (χ2v) is 10.1. The van der Waals surface area contributed by atoms with Crippen LogP contribution in [0.1, 0.15) is 49.9 Å². The van der Waals surface area contributed by atoms with Crippen LogP contribution in [0.3, 0.4) is 0 Å². The molecule has 8 nitrogen and oxygen atoms in total. The highest BCUT2D eigenvalue weighted by molar-refractivity contribution is 6.46. The Bertz CT molecular complexity index is 1320. The van der Waals surface area contributed by atoms with Crippen molar-refractivity contribution in [2.45, 2.75) is 45.2 Å². The van der Waals surface area contributed by atoms with Crippen LogP contribution in [0.15, 0.2) is 66.8 Å². The van der Waals surface area contributed by atoms with Gasteiger partial charge in [0.25, 0.3) is 11.7 Å². The molecule has 0 radical (unpaired) electrons. The number of fused-ring (bicyclic) bond motifs is 1. The van der Waals surface area contributed by atoms with E-state index in [4.69, 9.17) is 9.47 Å². The summed E-state index contributed by atoms with van der Waals surface area (Å²) in [6, 6.07) is 12.2. The van der Waals surface area contributed by atoms with Gasteiger partial charge >= 0.3 is 0 Å². The van der Waals surface area contributed by atoms with Crippen molar-refractivity contribution in [3.63, 3.8) is 0 Å². The van der Waals surface area contributed by atoms with Crippen LogP contribution in [0.5, 0.6) is 11.5 Å². The maximum absolute atomic E-state index is 13.3. The van der Waals surface area contributed by atoms with Crippen molar-refractivity contribution in [3.8, 4) is 11.5 Å². The van der Waals surface area contributed by atoms with Crippen molar-refractivity contribution in [3.05, 3.63) is 83.4 Å². The molecule has 1 atom stereocenters. The van der Waals surface area contributed by atoms with E-state index in [1.54, 1.807) is 35.6 Å². The highest BCUT2D eigenvalue weighted by atomic mass is 16.7. The number of ether oxygens (including phenoxy) is 2. The van der Waals surface area contributed by atoms with Crippen LogP contribution in [0, 0.1) is 0 Å². The number of aromatic nitrogens is 2. The van der Waals surface area contributed by atoms with E-state index < -0.39 is 17.7 Å². The van der Waals surface area contributed by atoms with E-state index in [0.717, 1.165) is 11.1 Å². The van der Waals surface area contributed by atoms with Crippen molar-refractivity contribution in [1.82, 2.24) is 14.5 Å². The average Bonchev–Trinajstić information content (AvgIpc) is 3.60. The SMILES string of the molecule is CC(C)(C)c1ccc(C2C(=C(O)c3ccc4c(c3)OCO4)C(=O)C(=O)N2CCCn2ccnc2)cc1. The summed E-state index contributed by atoms with van der Waals surface area (Å²) in [6.07, 6.45) is 5.91. The first-order valence-electron chi connectivity index (χ1n) is 12.0. The number of amides is 1. The molecule has 1 saturated heterocycles. The van der Waals surface area contributed by atoms with Crippen LogP contribution in [0.2, 0.25) is 0 Å². The molecule has 1 fully saturated rings. The number of Topliss-reactive ketones (excluding diaryl/α,β-unsaturated/α-hetero) is 1. The topological polar surface area (TPSA) is 93.9 Å². The lowest BCUT2D eigenvalue weighted by Crippen LogP contribution is -2.31. The van der Waals surface area contributed by atoms with Gasteiger partial charge in [0, 0.05) is 31.0 Å². The first-order chi connectivity index (χ1) is 17.2. The fraction of sp³-hybridized carbons (Fsp3) is 0.321. The van der Waals surface area contributed by atoms with Crippen molar-refractivity contribution >= 4 is 17.4 Å². The molecule has 36 heavy (non-hydrogen) atoms. The fourth-order valence-corrected chi connectivity index (χ4v) is 4.66. The average molecular weight is 488 g/mol. The third kappa shape index (κ3) is 4.34. The van der Waals surface area contributed by atoms with Gasteiger partial charge in [-0.15, -0.1) is 0 Å². The summed E-state index contributed by atoms with van der Waals surface area (Å²) >= 11 is 0. The number of hydrogen-bond acceptors (Lipinski definition) is 6. The standard InChI is InChI=1S/C28H29N3O5/c1-28(2,3)20-8-5-18(6-9-20)24-23(25(32)19-7-10-21-22(15-19)36-17-35-21)26(33)27(34)31(24)13-4-12-30-14-11-29-16-30/h5-11,14-16,24,32H,4,12-13,17H2,1-3H3. The van der Waals surface area contributed by atoms with E-state index in [2.05, 4.69) is 25.8 Å². The maximum atomic E-state index is 13.3. The highest BCUT2D eigenvalue weighted by Crippen LogP contribution is 2.42. The Kier molecular flexibility index (Phi) is 6.04. The Hall–Kier alpha value is -4.07. The summed E-state index contributed by atoms with van der Waals surface area (Å²) in [5.41, 5.74) is 2.33. The highest BCUT2D eigenvalue weighted by Gasteiger charge is 2.46. The number of aliphatic hydroxyl groups excluding tert-OH is 1. The molecule has 0 saturated carbocycles. The third-order valence-corrected chi connectivity index (χ3v) is 6.65. The predicted octanol–water partition coefficient (Wildman–Crippen LogP) is 4.42. The van der Waals surface area contributed by atoms with Crippen LogP contribution in [-0.2, 0) is 21.5 Å². The lowest BCUT2D eigenvalue weighted by atomic mass is 9.85. The van der Waals surface area contributed by atoms with E-state index in [1.165, 1.54) is 0 Å². The number of hydrogen-bond donors (Lipinski definition) is 1. The number of aryl methyl sites for hydroxylation is 1. The molecule has 1 unspecified atom stereocenters.